The Morgan fingerprint density at radius 2 is 2.00 bits per heavy atom. The van der Waals surface area contributed by atoms with Crippen LogP contribution in [0.25, 0.3) is 0 Å². The molecular weight excluding hydrogens is 268 g/mol. The molecule has 0 unspecified atom stereocenters. The lowest BCUT2D eigenvalue weighted by Crippen LogP contribution is -2.15. The van der Waals surface area contributed by atoms with Gasteiger partial charge < -0.3 is 15.4 Å². The molecule has 0 fully saturated rings. The Kier molecular flexibility index (Phi) is 5.09. The SMILES string of the molecule is CCCNc1nccc(C(=O)Nc2ccc(OC)cc2)n1. The molecule has 6 nitrogen and oxygen atoms in total. The Balaban J connectivity index is 2.05. The summed E-state index contributed by atoms with van der Waals surface area (Å²) in [5.41, 5.74) is 1.00. The topological polar surface area (TPSA) is 76.1 Å². The number of rotatable bonds is 6. The average molecular weight is 286 g/mol. The molecule has 1 aromatic heterocycles. The summed E-state index contributed by atoms with van der Waals surface area (Å²) in [5.74, 6) is 0.919. The van der Waals surface area contributed by atoms with Gasteiger partial charge in [0.15, 0.2) is 0 Å². The van der Waals surface area contributed by atoms with E-state index in [2.05, 4.69) is 20.6 Å². The van der Waals surface area contributed by atoms with Crippen LogP contribution >= 0.6 is 0 Å². The summed E-state index contributed by atoms with van der Waals surface area (Å²) in [6, 6.07) is 8.69. The molecule has 0 aliphatic carbocycles. The second-order valence-electron chi connectivity index (χ2n) is 4.37. The van der Waals surface area contributed by atoms with Gasteiger partial charge in [0.25, 0.3) is 5.91 Å². The number of hydrogen-bond acceptors (Lipinski definition) is 5. The first kappa shape index (κ1) is 14.8. The van der Waals surface area contributed by atoms with Crippen molar-refractivity contribution >= 4 is 17.5 Å². The molecule has 0 atom stereocenters. The predicted molar refractivity (Wildman–Crippen MR) is 81.8 cm³/mol. The number of nitrogens with zero attached hydrogens (tertiary/aromatic N) is 2. The van der Waals surface area contributed by atoms with Crippen molar-refractivity contribution in [3.8, 4) is 5.75 Å². The van der Waals surface area contributed by atoms with E-state index in [1.165, 1.54) is 0 Å². The second-order valence-corrected chi connectivity index (χ2v) is 4.37. The number of hydrogen-bond donors (Lipinski definition) is 2. The molecule has 1 heterocycles. The van der Waals surface area contributed by atoms with Crippen LogP contribution in [0.15, 0.2) is 36.5 Å². The van der Waals surface area contributed by atoms with Crippen molar-refractivity contribution in [1.82, 2.24) is 9.97 Å². The van der Waals surface area contributed by atoms with E-state index < -0.39 is 0 Å². The highest BCUT2D eigenvalue weighted by atomic mass is 16.5. The summed E-state index contributed by atoms with van der Waals surface area (Å²) in [7, 11) is 1.60. The van der Waals surface area contributed by atoms with Crippen LogP contribution in [-0.2, 0) is 0 Å². The van der Waals surface area contributed by atoms with Gasteiger partial charge in [0, 0.05) is 18.4 Å². The van der Waals surface area contributed by atoms with Crippen LogP contribution in [-0.4, -0.2) is 29.5 Å². The highest BCUT2D eigenvalue weighted by Crippen LogP contribution is 2.15. The second kappa shape index (κ2) is 7.23. The number of nitrogens with one attached hydrogen (secondary N) is 2. The lowest BCUT2D eigenvalue weighted by atomic mass is 10.3. The third-order valence-electron chi connectivity index (χ3n) is 2.77. The summed E-state index contributed by atoms with van der Waals surface area (Å²) >= 11 is 0. The zero-order chi connectivity index (χ0) is 15.1. The van der Waals surface area contributed by atoms with Gasteiger partial charge in [-0.25, -0.2) is 9.97 Å². The Morgan fingerprint density at radius 1 is 1.24 bits per heavy atom. The van der Waals surface area contributed by atoms with E-state index in [9.17, 15) is 4.79 Å². The van der Waals surface area contributed by atoms with E-state index in [1.807, 2.05) is 6.92 Å². The van der Waals surface area contributed by atoms with Crippen LogP contribution in [0.3, 0.4) is 0 Å². The van der Waals surface area contributed by atoms with Crippen LogP contribution in [0.4, 0.5) is 11.6 Å². The molecule has 2 N–H and O–H groups in total. The minimum Gasteiger partial charge on any atom is -0.497 e. The number of methoxy groups -OCH3 is 1. The van der Waals surface area contributed by atoms with E-state index in [4.69, 9.17) is 4.74 Å². The maximum atomic E-state index is 12.1. The lowest BCUT2D eigenvalue weighted by Gasteiger charge is -2.07. The predicted octanol–water partition coefficient (Wildman–Crippen LogP) is 2.56. The average Bonchev–Trinajstić information content (AvgIpc) is 2.54. The van der Waals surface area contributed by atoms with Gasteiger partial charge in [-0.1, -0.05) is 6.92 Å². The third kappa shape index (κ3) is 4.17. The van der Waals surface area contributed by atoms with Crippen molar-refractivity contribution in [2.24, 2.45) is 0 Å². The Morgan fingerprint density at radius 3 is 2.67 bits per heavy atom. The minimum absolute atomic E-state index is 0.276. The Labute approximate surface area is 123 Å². The fourth-order valence-corrected chi connectivity index (χ4v) is 1.68. The van der Waals surface area contributed by atoms with Crippen LogP contribution in [0.1, 0.15) is 23.8 Å². The Bertz CT molecular complexity index is 599. The minimum atomic E-state index is -0.276. The summed E-state index contributed by atoms with van der Waals surface area (Å²) < 4.78 is 5.07. The summed E-state index contributed by atoms with van der Waals surface area (Å²) in [6.45, 7) is 2.82. The molecular formula is C15H18N4O2. The Hall–Kier alpha value is -2.63. The number of carbonyl (C=O) groups is 1. The largest absolute Gasteiger partial charge is 0.497 e. The molecule has 0 aliphatic rings. The van der Waals surface area contributed by atoms with Crippen molar-refractivity contribution < 1.29 is 9.53 Å². The molecule has 6 heteroatoms. The summed E-state index contributed by atoms with van der Waals surface area (Å²) in [4.78, 5) is 20.4. The summed E-state index contributed by atoms with van der Waals surface area (Å²) in [5, 5.41) is 5.83. The molecule has 21 heavy (non-hydrogen) atoms. The maximum Gasteiger partial charge on any atom is 0.274 e. The first-order valence-electron chi connectivity index (χ1n) is 6.75. The monoisotopic (exact) mass is 286 g/mol. The highest BCUT2D eigenvalue weighted by Gasteiger charge is 2.09. The van der Waals surface area contributed by atoms with Gasteiger partial charge in [-0.05, 0) is 36.8 Å². The van der Waals surface area contributed by atoms with Crippen LogP contribution < -0.4 is 15.4 Å². The normalized spacial score (nSPS) is 10.0. The molecule has 0 spiro atoms. The van der Waals surface area contributed by atoms with Gasteiger partial charge in [0.1, 0.15) is 11.4 Å². The fraction of sp³-hybridized carbons (Fsp3) is 0.267. The van der Waals surface area contributed by atoms with Gasteiger partial charge in [0.2, 0.25) is 5.95 Å². The van der Waals surface area contributed by atoms with Crippen molar-refractivity contribution in [3.05, 3.63) is 42.2 Å². The van der Waals surface area contributed by atoms with Gasteiger partial charge in [0.05, 0.1) is 7.11 Å². The number of carbonyl (C=O) groups excluding carboxylic acids is 1. The molecule has 2 aromatic rings. The number of aromatic nitrogens is 2. The van der Waals surface area contributed by atoms with Crippen LogP contribution in [0, 0.1) is 0 Å². The van der Waals surface area contributed by atoms with Crippen LogP contribution in [0.5, 0.6) is 5.75 Å². The maximum absolute atomic E-state index is 12.1. The molecule has 0 bridgehead atoms. The van der Waals surface area contributed by atoms with Gasteiger partial charge in [-0.15, -0.1) is 0 Å². The smallest absolute Gasteiger partial charge is 0.274 e. The number of benzene rings is 1. The number of ether oxygens (including phenoxy) is 1. The number of amides is 1. The molecule has 0 saturated carbocycles. The van der Waals surface area contributed by atoms with E-state index >= 15 is 0 Å². The lowest BCUT2D eigenvalue weighted by molar-refractivity contribution is 0.102. The van der Waals surface area contributed by atoms with Crippen LogP contribution in [0.2, 0.25) is 0 Å². The molecule has 0 aliphatic heterocycles. The molecule has 0 saturated heterocycles. The zero-order valence-corrected chi connectivity index (χ0v) is 12.1. The van der Waals surface area contributed by atoms with Crippen molar-refractivity contribution in [2.75, 3.05) is 24.3 Å². The zero-order valence-electron chi connectivity index (χ0n) is 12.1. The van der Waals surface area contributed by atoms with Gasteiger partial charge in [-0.2, -0.15) is 0 Å². The third-order valence-corrected chi connectivity index (χ3v) is 2.77. The van der Waals surface area contributed by atoms with E-state index in [1.54, 1.807) is 43.6 Å². The highest BCUT2D eigenvalue weighted by molar-refractivity contribution is 6.02. The summed E-state index contributed by atoms with van der Waals surface area (Å²) in [6.07, 6.45) is 2.53. The quantitative estimate of drug-likeness (QED) is 0.853. The first-order chi connectivity index (χ1) is 10.2. The number of anilines is 2. The van der Waals surface area contributed by atoms with Gasteiger partial charge >= 0.3 is 0 Å². The molecule has 110 valence electrons. The molecule has 1 amide bonds. The van der Waals surface area contributed by atoms with Crippen molar-refractivity contribution in [3.63, 3.8) is 0 Å². The van der Waals surface area contributed by atoms with E-state index in [-0.39, 0.29) is 5.91 Å². The van der Waals surface area contributed by atoms with E-state index in [0.29, 0.717) is 17.3 Å². The fourth-order valence-electron chi connectivity index (χ4n) is 1.68. The standard InChI is InChI=1S/C15H18N4O2/c1-3-9-16-15-17-10-8-13(19-15)14(20)18-11-4-6-12(21-2)7-5-11/h4-8,10H,3,9H2,1-2H3,(H,18,20)(H,16,17,19). The molecule has 1 aromatic carbocycles. The van der Waals surface area contributed by atoms with Crippen molar-refractivity contribution in [1.29, 1.82) is 0 Å². The molecule has 0 radical (unpaired) electrons. The van der Waals surface area contributed by atoms with Gasteiger partial charge in [-0.3, -0.25) is 4.79 Å². The molecule has 2 rings (SSSR count). The van der Waals surface area contributed by atoms with E-state index in [0.717, 1.165) is 18.7 Å². The first-order valence-corrected chi connectivity index (χ1v) is 6.75. The van der Waals surface area contributed by atoms with Crippen molar-refractivity contribution in [2.45, 2.75) is 13.3 Å².